The van der Waals surface area contributed by atoms with Crippen molar-refractivity contribution < 1.29 is 30.0 Å². The van der Waals surface area contributed by atoms with Gasteiger partial charge in [-0.1, -0.05) is 48.5 Å². The normalized spacial score (nSPS) is 9.94. The van der Waals surface area contributed by atoms with Gasteiger partial charge >= 0.3 is 0 Å². The van der Waals surface area contributed by atoms with Crippen molar-refractivity contribution in [3.05, 3.63) is 108 Å². The van der Waals surface area contributed by atoms with Crippen LogP contribution in [0.1, 0.15) is 15.9 Å². The molecule has 0 spiro atoms. The first kappa shape index (κ1) is 21.3. The first-order valence-corrected chi connectivity index (χ1v) is 9.32. The monoisotopic (exact) mass is 416 g/mol. The van der Waals surface area contributed by atoms with E-state index in [-0.39, 0.29) is 34.1 Å². The van der Waals surface area contributed by atoms with Gasteiger partial charge in [0.25, 0.3) is 0 Å². The molecule has 0 aliphatic rings. The first-order chi connectivity index (χ1) is 15.0. The third kappa shape index (κ3) is 5.33. The second kappa shape index (κ2) is 9.84. The Balaban J connectivity index is 0.000000176. The fraction of sp³-hybridized carbons (Fsp3) is 0. The van der Waals surface area contributed by atoms with Crippen molar-refractivity contribution in [2.45, 2.75) is 0 Å². The Morgan fingerprint density at radius 1 is 0.484 bits per heavy atom. The maximum Gasteiger partial charge on any atom is 0.200 e. The molecule has 0 aliphatic heterocycles. The minimum absolute atomic E-state index is 0.0424. The van der Waals surface area contributed by atoms with Crippen molar-refractivity contribution in [3.63, 3.8) is 0 Å². The summed E-state index contributed by atoms with van der Waals surface area (Å²) in [5.74, 6) is 0.155. The van der Waals surface area contributed by atoms with Gasteiger partial charge < -0.3 is 25.2 Å². The number of ether oxygens (including phenoxy) is 1. The number of phenolic OH excluding ortho intramolecular Hbond substituents is 4. The Bertz CT molecular complexity index is 1090. The van der Waals surface area contributed by atoms with Crippen LogP contribution in [0.5, 0.6) is 34.5 Å². The molecule has 0 bridgehead atoms. The second-order valence-electron chi connectivity index (χ2n) is 6.40. The molecule has 6 heteroatoms. The van der Waals surface area contributed by atoms with Crippen LogP contribution in [0.15, 0.2) is 97.1 Å². The van der Waals surface area contributed by atoms with Gasteiger partial charge in [0.2, 0.25) is 0 Å². The van der Waals surface area contributed by atoms with Crippen LogP contribution in [-0.4, -0.2) is 26.2 Å². The van der Waals surface area contributed by atoms with Gasteiger partial charge in [-0.15, -0.1) is 0 Å². The number of phenols is 4. The highest BCUT2D eigenvalue weighted by atomic mass is 16.5. The van der Waals surface area contributed by atoms with Crippen molar-refractivity contribution in [1.82, 2.24) is 0 Å². The highest BCUT2D eigenvalue weighted by molar-refractivity contribution is 6.12. The molecular formula is C25H20O6. The van der Waals surface area contributed by atoms with Crippen molar-refractivity contribution in [2.24, 2.45) is 0 Å². The fourth-order valence-electron chi connectivity index (χ4n) is 2.68. The van der Waals surface area contributed by atoms with E-state index in [0.717, 1.165) is 0 Å². The van der Waals surface area contributed by atoms with Crippen LogP contribution in [0.2, 0.25) is 0 Å². The summed E-state index contributed by atoms with van der Waals surface area (Å²) in [7, 11) is 0. The average Bonchev–Trinajstić information content (AvgIpc) is 2.77. The van der Waals surface area contributed by atoms with Crippen molar-refractivity contribution in [2.75, 3.05) is 0 Å². The molecule has 0 heterocycles. The second-order valence-corrected chi connectivity index (χ2v) is 6.40. The smallest absolute Gasteiger partial charge is 0.200 e. The van der Waals surface area contributed by atoms with Crippen LogP contribution in [-0.2, 0) is 0 Å². The third-order valence-electron chi connectivity index (χ3n) is 4.25. The van der Waals surface area contributed by atoms with E-state index in [9.17, 15) is 25.2 Å². The summed E-state index contributed by atoms with van der Waals surface area (Å²) >= 11 is 0. The third-order valence-corrected chi connectivity index (χ3v) is 4.25. The van der Waals surface area contributed by atoms with Gasteiger partial charge in [-0.2, -0.15) is 0 Å². The number of ketones is 1. The van der Waals surface area contributed by atoms with E-state index in [1.54, 1.807) is 60.7 Å². The van der Waals surface area contributed by atoms with Crippen LogP contribution in [0.4, 0.5) is 0 Å². The summed E-state index contributed by atoms with van der Waals surface area (Å²) in [5.41, 5.74) is 0.369. The van der Waals surface area contributed by atoms with Gasteiger partial charge in [-0.3, -0.25) is 4.79 Å². The summed E-state index contributed by atoms with van der Waals surface area (Å²) in [5, 5.41) is 38.0. The topological polar surface area (TPSA) is 107 Å². The molecule has 0 aromatic heterocycles. The zero-order valence-corrected chi connectivity index (χ0v) is 16.3. The standard InChI is InChI=1S/C13H10O3.C12H10O3/c14-11-7-3-1-5-9(11)13(16)10-6-2-4-8-12(10)15;13-9-5-1-3-7-11(9)15-12-8-4-2-6-10(12)14/h1-8,14-15H;1-8,13-14H. The van der Waals surface area contributed by atoms with E-state index in [1.165, 1.54) is 36.4 Å². The summed E-state index contributed by atoms with van der Waals surface area (Å²) in [4.78, 5) is 12.0. The zero-order valence-electron chi connectivity index (χ0n) is 16.3. The molecule has 0 saturated carbocycles. The fourth-order valence-corrected chi connectivity index (χ4v) is 2.68. The average molecular weight is 416 g/mol. The number of hydrogen-bond donors (Lipinski definition) is 4. The van der Waals surface area contributed by atoms with Crippen LogP contribution in [0.3, 0.4) is 0 Å². The Kier molecular flexibility index (Phi) is 6.75. The van der Waals surface area contributed by atoms with E-state index in [4.69, 9.17) is 4.74 Å². The lowest BCUT2D eigenvalue weighted by Gasteiger charge is -2.08. The molecule has 6 nitrogen and oxygen atoms in total. The lowest BCUT2D eigenvalue weighted by molar-refractivity contribution is 0.103. The number of para-hydroxylation sites is 6. The lowest BCUT2D eigenvalue weighted by Crippen LogP contribution is -2.01. The van der Waals surface area contributed by atoms with Gasteiger partial charge in [0.05, 0.1) is 11.1 Å². The maximum atomic E-state index is 12.0. The molecule has 4 aromatic carbocycles. The summed E-state index contributed by atoms with van der Waals surface area (Å²) in [6.07, 6.45) is 0. The van der Waals surface area contributed by atoms with Crippen LogP contribution in [0, 0.1) is 0 Å². The molecule has 4 aromatic rings. The summed E-state index contributed by atoms with van der Waals surface area (Å²) in [6, 6.07) is 25.7. The van der Waals surface area contributed by atoms with Crippen molar-refractivity contribution in [1.29, 1.82) is 0 Å². The molecule has 0 saturated heterocycles. The number of rotatable bonds is 4. The number of hydrogen-bond acceptors (Lipinski definition) is 6. The molecule has 0 aliphatic carbocycles. The highest BCUT2D eigenvalue weighted by Crippen LogP contribution is 2.34. The lowest BCUT2D eigenvalue weighted by atomic mass is 10.0. The molecule has 0 unspecified atom stereocenters. The maximum absolute atomic E-state index is 12.0. The van der Waals surface area contributed by atoms with Gasteiger partial charge in [-0.05, 0) is 48.5 Å². The molecule has 4 rings (SSSR count). The minimum atomic E-state index is -0.392. The van der Waals surface area contributed by atoms with E-state index < -0.39 is 5.78 Å². The minimum Gasteiger partial charge on any atom is -0.507 e. The van der Waals surface area contributed by atoms with E-state index >= 15 is 0 Å². The summed E-state index contributed by atoms with van der Waals surface area (Å²) in [6.45, 7) is 0. The molecule has 0 amide bonds. The Morgan fingerprint density at radius 3 is 1.16 bits per heavy atom. The van der Waals surface area contributed by atoms with Gasteiger partial charge in [-0.25, -0.2) is 0 Å². The first-order valence-electron chi connectivity index (χ1n) is 9.32. The largest absolute Gasteiger partial charge is 0.507 e. The van der Waals surface area contributed by atoms with E-state index in [0.29, 0.717) is 11.5 Å². The quantitative estimate of drug-likeness (QED) is 0.340. The van der Waals surface area contributed by atoms with Gasteiger partial charge in [0.1, 0.15) is 11.5 Å². The van der Waals surface area contributed by atoms with Crippen LogP contribution < -0.4 is 4.74 Å². The molecule has 156 valence electrons. The number of aromatic hydroxyl groups is 4. The molecule has 31 heavy (non-hydrogen) atoms. The van der Waals surface area contributed by atoms with Gasteiger partial charge in [0, 0.05) is 0 Å². The predicted molar refractivity (Wildman–Crippen MR) is 116 cm³/mol. The Morgan fingerprint density at radius 2 is 0.806 bits per heavy atom. The Hall–Kier alpha value is -4.45. The van der Waals surface area contributed by atoms with Crippen molar-refractivity contribution in [3.8, 4) is 34.5 Å². The highest BCUT2D eigenvalue weighted by Gasteiger charge is 2.15. The summed E-state index contributed by atoms with van der Waals surface area (Å²) < 4.78 is 5.34. The van der Waals surface area contributed by atoms with E-state index in [1.807, 2.05) is 0 Å². The SMILES string of the molecule is O=C(c1ccccc1O)c1ccccc1O.Oc1ccccc1Oc1ccccc1O. The van der Waals surface area contributed by atoms with Gasteiger partial charge in [0.15, 0.2) is 28.8 Å². The molecular weight excluding hydrogens is 396 g/mol. The number of carbonyl (C=O) groups is 1. The molecule has 0 atom stereocenters. The predicted octanol–water partition coefficient (Wildman–Crippen LogP) is 5.22. The zero-order chi connectivity index (χ0) is 22.2. The van der Waals surface area contributed by atoms with Crippen molar-refractivity contribution >= 4 is 5.78 Å². The van der Waals surface area contributed by atoms with Crippen LogP contribution in [0.25, 0.3) is 0 Å². The number of carbonyl (C=O) groups excluding carboxylic acids is 1. The molecule has 0 radical (unpaired) electrons. The molecule has 4 N–H and O–H groups in total. The number of benzene rings is 4. The Labute approximate surface area is 178 Å². The molecule has 0 fully saturated rings. The van der Waals surface area contributed by atoms with E-state index in [2.05, 4.69) is 0 Å². The van der Waals surface area contributed by atoms with Crippen LogP contribution >= 0.6 is 0 Å².